The number of hydrogen-bond acceptors (Lipinski definition) is 3. The molecule has 0 aliphatic rings. The van der Waals surface area contributed by atoms with E-state index in [1.165, 1.54) is 49.0 Å². The first-order valence-corrected chi connectivity index (χ1v) is 18.6. The fraction of sp³-hybridized carbons (Fsp3) is 0. The van der Waals surface area contributed by atoms with Crippen molar-refractivity contribution in [2.24, 2.45) is 0 Å². The van der Waals surface area contributed by atoms with Gasteiger partial charge in [0.05, 0.1) is 11.0 Å². The summed E-state index contributed by atoms with van der Waals surface area (Å²) in [6.45, 7) is 0. The maximum atomic E-state index is 5.16. The smallest absolute Gasteiger partial charge is 0.238 e. The number of fused-ring (bicyclic) bond motifs is 9. The molecule has 0 atom stereocenters. The lowest BCUT2D eigenvalue weighted by Crippen LogP contribution is -2.06. The number of hydrogen-bond donors (Lipinski definition) is 0. The van der Waals surface area contributed by atoms with E-state index in [0.29, 0.717) is 17.6 Å². The van der Waals surface area contributed by atoms with Gasteiger partial charge in [-0.25, -0.2) is 4.98 Å². The summed E-state index contributed by atoms with van der Waals surface area (Å²) < 4.78 is 2.20. The van der Waals surface area contributed by atoms with Crippen LogP contribution >= 0.6 is 0 Å². The third-order valence-corrected chi connectivity index (χ3v) is 10.9. The zero-order valence-electron chi connectivity index (χ0n) is 29.8. The Balaban J connectivity index is 1.15. The fourth-order valence-electron chi connectivity index (χ4n) is 8.40. The Hall–Kier alpha value is -7.43. The van der Waals surface area contributed by atoms with Gasteiger partial charge in [0.15, 0.2) is 11.6 Å². The topological polar surface area (TPSA) is 43.6 Å². The highest BCUT2D eigenvalue weighted by Crippen LogP contribution is 2.43. The standard InChI is InChI=1S/C51H32N4/c1-3-16-33(17-4-1)49-52-50(34-18-5-2-6-19-34)54-51(53-49)55-46-28-14-13-26-44(46)48-43(27-15-29-47(48)55)37-21-8-7-20-36(37)35-30-31-42-40-24-10-9-22-38(40)39-23-11-12-25-41(39)45(42)32-35/h1-32H. The van der Waals surface area contributed by atoms with E-state index in [0.717, 1.165) is 38.5 Å². The molecule has 2 aromatic heterocycles. The van der Waals surface area contributed by atoms with Crippen LogP contribution in [0.25, 0.3) is 105 Å². The second kappa shape index (κ2) is 12.6. The normalized spacial score (nSPS) is 11.6. The minimum Gasteiger partial charge on any atom is -0.278 e. The van der Waals surface area contributed by atoms with Crippen molar-refractivity contribution in [2.75, 3.05) is 0 Å². The lowest BCUT2D eigenvalue weighted by molar-refractivity contribution is 0.953. The zero-order chi connectivity index (χ0) is 36.3. The maximum absolute atomic E-state index is 5.16. The molecule has 0 fully saturated rings. The van der Waals surface area contributed by atoms with Crippen LogP contribution in [0.4, 0.5) is 0 Å². The Kier molecular flexibility index (Phi) is 7.14. The first-order valence-electron chi connectivity index (χ1n) is 18.6. The average Bonchev–Trinajstić information content (AvgIpc) is 3.61. The molecular weight excluding hydrogens is 669 g/mol. The predicted molar refractivity (Wildman–Crippen MR) is 228 cm³/mol. The summed E-state index contributed by atoms with van der Waals surface area (Å²) in [6.07, 6.45) is 0. The van der Waals surface area contributed by atoms with Crippen molar-refractivity contribution < 1.29 is 0 Å². The molecule has 4 nitrogen and oxygen atoms in total. The summed E-state index contributed by atoms with van der Waals surface area (Å²) in [5.74, 6) is 1.85. The first kappa shape index (κ1) is 31.1. The summed E-state index contributed by atoms with van der Waals surface area (Å²) in [4.78, 5) is 15.3. The van der Waals surface area contributed by atoms with E-state index < -0.39 is 0 Å². The Morgan fingerprint density at radius 3 is 1.40 bits per heavy atom. The van der Waals surface area contributed by atoms with Gasteiger partial charge in [-0.3, -0.25) is 4.57 Å². The number of rotatable bonds is 5. The van der Waals surface area contributed by atoms with Crippen LogP contribution in [-0.2, 0) is 0 Å². The van der Waals surface area contributed by atoms with Crippen LogP contribution in [-0.4, -0.2) is 19.5 Å². The molecule has 2 heterocycles. The molecule has 0 unspecified atom stereocenters. The number of para-hydroxylation sites is 1. The van der Waals surface area contributed by atoms with Crippen molar-refractivity contribution in [3.8, 4) is 51.0 Å². The van der Waals surface area contributed by atoms with Crippen LogP contribution in [0.1, 0.15) is 0 Å². The largest absolute Gasteiger partial charge is 0.278 e. The average molecular weight is 701 g/mol. The van der Waals surface area contributed by atoms with Gasteiger partial charge in [-0.15, -0.1) is 0 Å². The van der Waals surface area contributed by atoms with E-state index in [4.69, 9.17) is 15.0 Å². The lowest BCUT2D eigenvalue weighted by Gasteiger charge is -2.15. The SMILES string of the molecule is c1ccc(-c2nc(-c3ccccc3)nc(-n3c4ccccc4c4c(-c5ccccc5-c5ccc6c7ccccc7c7ccccc7c6c5)cccc43)n2)cc1. The van der Waals surface area contributed by atoms with Gasteiger partial charge in [0, 0.05) is 21.9 Å². The Labute approximate surface area is 317 Å². The second-order valence-corrected chi connectivity index (χ2v) is 14.0. The second-order valence-electron chi connectivity index (χ2n) is 14.0. The van der Waals surface area contributed by atoms with Gasteiger partial charge in [-0.05, 0) is 72.8 Å². The van der Waals surface area contributed by atoms with Crippen molar-refractivity contribution >= 4 is 54.1 Å². The van der Waals surface area contributed by atoms with Crippen molar-refractivity contribution in [3.05, 3.63) is 194 Å². The molecule has 11 rings (SSSR count). The predicted octanol–water partition coefficient (Wildman–Crippen LogP) is 13.1. The molecule has 0 aliphatic heterocycles. The van der Waals surface area contributed by atoms with E-state index in [9.17, 15) is 0 Å². The van der Waals surface area contributed by atoms with Crippen LogP contribution in [0, 0.1) is 0 Å². The molecule has 55 heavy (non-hydrogen) atoms. The van der Waals surface area contributed by atoms with E-state index in [1.54, 1.807) is 0 Å². The molecule has 9 aromatic carbocycles. The number of nitrogens with zero attached hydrogens (tertiary/aromatic N) is 4. The van der Waals surface area contributed by atoms with Gasteiger partial charge >= 0.3 is 0 Å². The molecule has 0 saturated heterocycles. The maximum Gasteiger partial charge on any atom is 0.238 e. The quantitative estimate of drug-likeness (QED) is 0.168. The summed E-state index contributed by atoms with van der Waals surface area (Å²) in [6, 6.07) is 68.8. The van der Waals surface area contributed by atoms with Gasteiger partial charge in [-0.1, -0.05) is 176 Å². The van der Waals surface area contributed by atoms with Crippen molar-refractivity contribution in [3.63, 3.8) is 0 Å². The molecule has 256 valence electrons. The summed E-state index contributed by atoms with van der Waals surface area (Å²) in [5.41, 5.74) is 8.65. The number of aromatic nitrogens is 4. The molecule has 0 N–H and O–H groups in total. The van der Waals surface area contributed by atoms with Crippen LogP contribution in [0.3, 0.4) is 0 Å². The van der Waals surface area contributed by atoms with Crippen LogP contribution in [0.15, 0.2) is 194 Å². The number of benzene rings is 9. The minimum absolute atomic E-state index is 0.581. The lowest BCUT2D eigenvalue weighted by atomic mass is 9.89. The van der Waals surface area contributed by atoms with Crippen molar-refractivity contribution in [1.82, 2.24) is 19.5 Å². The highest BCUT2D eigenvalue weighted by Gasteiger charge is 2.21. The van der Waals surface area contributed by atoms with Crippen LogP contribution in [0.5, 0.6) is 0 Å². The third-order valence-electron chi connectivity index (χ3n) is 10.9. The Bertz CT molecular complexity index is 3160. The molecule has 0 radical (unpaired) electrons. The fourth-order valence-corrected chi connectivity index (χ4v) is 8.40. The van der Waals surface area contributed by atoms with Gasteiger partial charge in [0.25, 0.3) is 0 Å². The van der Waals surface area contributed by atoms with Gasteiger partial charge < -0.3 is 0 Å². The Morgan fingerprint density at radius 1 is 0.291 bits per heavy atom. The highest BCUT2D eigenvalue weighted by atomic mass is 15.2. The highest BCUT2D eigenvalue weighted by molar-refractivity contribution is 6.26. The summed E-state index contributed by atoms with van der Waals surface area (Å²) in [7, 11) is 0. The van der Waals surface area contributed by atoms with Gasteiger partial charge in [0.2, 0.25) is 5.95 Å². The van der Waals surface area contributed by atoms with Gasteiger partial charge in [-0.2, -0.15) is 9.97 Å². The third kappa shape index (κ3) is 5.03. The van der Waals surface area contributed by atoms with Crippen molar-refractivity contribution in [1.29, 1.82) is 0 Å². The monoisotopic (exact) mass is 700 g/mol. The van der Waals surface area contributed by atoms with Crippen LogP contribution < -0.4 is 0 Å². The van der Waals surface area contributed by atoms with E-state index >= 15 is 0 Å². The molecule has 0 saturated carbocycles. The Morgan fingerprint density at radius 2 is 0.764 bits per heavy atom. The molecule has 0 aliphatic carbocycles. The van der Waals surface area contributed by atoms with E-state index in [2.05, 4.69) is 138 Å². The molecule has 4 heteroatoms. The van der Waals surface area contributed by atoms with Crippen molar-refractivity contribution in [2.45, 2.75) is 0 Å². The van der Waals surface area contributed by atoms with Gasteiger partial charge in [0.1, 0.15) is 0 Å². The molecule has 0 amide bonds. The first-order chi connectivity index (χ1) is 27.3. The summed E-state index contributed by atoms with van der Waals surface area (Å²) in [5, 5.41) is 9.93. The molecule has 0 bridgehead atoms. The summed E-state index contributed by atoms with van der Waals surface area (Å²) >= 11 is 0. The molecule has 11 aromatic rings. The van der Waals surface area contributed by atoms with E-state index in [1.807, 2.05) is 60.7 Å². The van der Waals surface area contributed by atoms with E-state index in [-0.39, 0.29) is 0 Å². The molecular formula is C51H32N4. The molecule has 0 spiro atoms. The zero-order valence-corrected chi connectivity index (χ0v) is 29.8. The van der Waals surface area contributed by atoms with Crippen LogP contribution in [0.2, 0.25) is 0 Å². The minimum atomic E-state index is 0.581.